The monoisotopic (exact) mass is 1050 g/mol. The van der Waals surface area contributed by atoms with Crippen molar-refractivity contribution in [2.45, 2.75) is 195 Å². The minimum atomic E-state index is -1.54. The number of aromatic carboxylic acids is 2. The van der Waals surface area contributed by atoms with E-state index in [4.69, 9.17) is 9.98 Å². The number of carboxylic acids is 2. The van der Waals surface area contributed by atoms with Gasteiger partial charge in [-0.1, -0.05) is 174 Å². The average Bonchev–Trinajstić information content (AvgIpc) is 3.36. The molecule has 4 aromatic carbocycles. The first-order valence-electron chi connectivity index (χ1n) is 26.4. The fourth-order valence-corrected chi connectivity index (χ4v) is 16.0. The Morgan fingerprint density at radius 1 is 0.493 bits per heavy atom. The molecule has 71 heavy (non-hydrogen) atoms. The van der Waals surface area contributed by atoms with Crippen molar-refractivity contribution < 1.29 is 56.7 Å². The van der Waals surface area contributed by atoms with Crippen LogP contribution in [0.2, 0.25) is 36.3 Å². The van der Waals surface area contributed by atoms with Crippen LogP contribution < -0.4 is 10.2 Å². The Kier molecular flexibility index (Phi) is 30.7. The number of carbonyl (C=O) groups is 2. The van der Waals surface area contributed by atoms with Crippen LogP contribution in [0.15, 0.2) is 82.8 Å². The number of carboxylic acid groups (broad SMARTS) is 2. The van der Waals surface area contributed by atoms with Gasteiger partial charge >= 0.3 is 16.5 Å². The summed E-state index contributed by atoms with van der Waals surface area (Å²) in [6.45, 7) is 21.8. The number of unbranched alkanes of at least 4 members (excludes halogenated alkanes) is 5. The van der Waals surface area contributed by atoms with E-state index in [9.17, 15) is 40.2 Å². The zero-order valence-electron chi connectivity index (χ0n) is 44.7. The molecular weight excluding hydrogens is 968 g/mol. The van der Waals surface area contributed by atoms with Gasteiger partial charge in [0, 0.05) is 11.1 Å². The van der Waals surface area contributed by atoms with E-state index < -0.39 is 39.6 Å². The van der Waals surface area contributed by atoms with E-state index in [2.05, 4.69) is 69.2 Å². The van der Waals surface area contributed by atoms with Crippen LogP contribution in [0.5, 0.6) is 23.0 Å². The summed E-state index contributed by atoms with van der Waals surface area (Å²) in [4.78, 5) is 32.8. The summed E-state index contributed by atoms with van der Waals surface area (Å²) in [7, 11) is -3.08. The molecule has 0 aliphatic heterocycles. The van der Waals surface area contributed by atoms with E-state index in [0.717, 1.165) is 146 Å². The summed E-state index contributed by atoms with van der Waals surface area (Å²) in [5.41, 5.74) is 6.86. The average molecular weight is 1050 g/mol. The second kappa shape index (κ2) is 33.8. The molecule has 0 saturated carbocycles. The molecule has 0 fully saturated rings. The third-order valence-electron chi connectivity index (χ3n) is 14.5. The molecule has 4 aromatic rings. The molecule has 0 aliphatic carbocycles. The minimum absolute atomic E-state index is 0. The molecule has 10 nitrogen and oxygen atoms in total. The van der Waals surface area contributed by atoms with E-state index in [1.165, 1.54) is 0 Å². The topological polar surface area (TPSA) is 186 Å². The van der Waals surface area contributed by atoms with E-state index in [-0.39, 0.29) is 39.1 Å². The third-order valence-corrected chi connectivity index (χ3v) is 25.8. The number of hydrogen-bond acceptors (Lipinski definition) is 10. The van der Waals surface area contributed by atoms with Crippen molar-refractivity contribution in [3.8, 4) is 23.0 Å². The molecule has 0 radical (unpaired) electrons. The molecule has 4 N–H and O–H groups in total. The number of carbonyl (C=O) groups excluding carboxylic acids is 2. The number of phenols is 4. The zero-order valence-corrected chi connectivity index (χ0v) is 47.7. The Hall–Kier alpha value is -4.71. The maximum Gasteiger partial charge on any atom is 2.00 e. The minimum Gasteiger partial charge on any atom is -0.545 e. The molecule has 13 heteroatoms. The van der Waals surface area contributed by atoms with Gasteiger partial charge in [-0.25, -0.2) is 0 Å². The molecule has 0 heterocycles. The number of benzene rings is 4. The molecule has 0 spiro atoms. The zero-order chi connectivity index (χ0) is 52.3. The molecule has 0 unspecified atom stereocenters. The van der Waals surface area contributed by atoms with Gasteiger partial charge in [0.15, 0.2) is 23.0 Å². The summed E-state index contributed by atoms with van der Waals surface area (Å²) >= 11 is 0. The number of aromatic hydroxyl groups is 4. The Balaban J connectivity index is 0.000000529. The van der Waals surface area contributed by atoms with Crippen LogP contribution in [0, 0.1) is 0 Å². The molecule has 0 aliphatic rings. The van der Waals surface area contributed by atoms with Crippen LogP contribution in [0.4, 0.5) is 11.4 Å². The van der Waals surface area contributed by atoms with E-state index >= 15 is 0 Å². The summed E-state index contributed by atoms with van der Waals surface area (Å²) in [5, 5.41) is 63.3. The Bertz CT molecular complexity index is 2140. The van der Waals surface area contributed by atoms with Crippen molar-refractivity contribution in [1.82, 2.24) is 0 Å². The first-order valence-corrected chi connectivity index (χ1v) is 32.0. The van der Waals surface area contributed by atoms with Gasteiger partial charge in [0.25, 0.3) is 0 Å². The van der Waals surface area contributed by atoms with Gasteiger partial charge in [0.05, 0.1) is 50.9 Å². The van der Waals surface area contributed by atoms with E-state index in [1.54, 1.807) is 12.1 Å². The predicted octanol–water partition coefficient (Wildman–Crippen LogP) is 13.7. The number of phenolic OH excluding ortho intramolecular Hbond substituents is 2. The molecule has 4 rings (SSSR count). The van der Waals surface area contributed by atoms with Gasteiger partial charge in [-0.05, 0) is 116 Å². The Labute approximate surface area is 439 Å². The number of rotatable bonds is 27. The van der Waals surface area contributed by atoms with Crippen LogP contribution in [-0.4, -0.2) is 59.9 Å². The first-order chi connectivity index (χ1) is 33.5. The molecular formula is C58H86N2NiO8Si2. The maximum absolute atomic E-state index is 11.6. The standard InChI is InChI=1S/C20H24N2.2C19H32O4Si.Ni/c1-3-5-16-20(22-18-14-10-7-11-15-18)19(4-2)21-17-12-8-6-9-13-17;2*1-5-9-10-11-15-14(13-24(6-2,7-3)8-4)12-16(20)18(21)17(15)19(22)23;/h6-15H,3-5,16H2,1-2H3;2*12,20-21H,5-11,13H2,1-4H3,(H,22,23);/q;;;+2/p-2. The van der Waals surface area contributed by atoms with Crippen LogP contribution >= 0.6 is 0 Å². The quantitative estimate of drug-likeness (QED) is 0.0197. The molecule has 0 saturated heterocycles. The van der Waals surface area contributed by atoms with E-state index in [1.807, 2.05) is 60.7 Å². The summed E-state index contributed by atoms with van der Waals surface area (Å²) in [6.07, 6.45) is 11.2. The van der Waals surface area contributed by atoms with Gasteiger partial charge in [-0.3, -0.25) is 9.98 Å². The largest absolute Gasteiger partial charge is 2.00 e. The summed E-state index contributed by atoms with van der Waals surface area (Å²) < 4.78 is 0. The number of para-hydroxylation sites is 2. The summed E-state index contributed by atoms with van der Waals surface area (Å²) in [5.74, 6) is -4.63. The summed E-state index contributed by atoms with van der Waals surface area (Å²) in [6, 6.07) is 31.8. The van der Waals surface area contributed by atoms with Crippen molar-refractivity contribution >= 4 is 50.9 Å². The number of hydrogen-bond donors (Lipinski definition) is 4. The predicted molar refractivity (Wildman–Crippen MR) is 293 cm³/mol. The third kappa shape index (κ3) is 19.7. The van der Waals surface area contributed by atoms with Crippen LogP contribution in [0.25, 0.3) is 0 Å². The van der Waals surface area contributed by atoms with Gasteiger partial charge in [0.1, 0.15) is 0 Å². The van der Waals surface area contributed by atoms with Gasteiger partial charge in [-0.15, -0.1) is 0 Å². The second-order valence-electron chi connectivity index (χ2n) is 18.7. The van der Waals surface area contributed by atoms with Gasteiger partial charge in [0.2, 0.25) is 0 Å². The smallest absolute Gasteiger partial charge is 0.545 e. The fraction of sp³-hybridized carbons (Fsp3) is 0.517. The first kappa shape index (κ1) is 64.3. The number of nitrogens with zero attached hydrogens (tertiary/aromatic N) is 2. The van der Waals surface area contributed by atoms with Crippen molar-refractivity contribution in [3.63, 3.8) is 0 Å². The van der Waals surface area contributed by atoms with Crippen molar-refractivity contribution in [3.05, 3.63) is 106 Å². The van der Waals surface area contributed by atoms with Gasteiger partial charge in [-0.2, -0.15) is 0 Å². The van der Waals surface area contributed by atoms with Crippen LogP contribution in [-0.2, 0) is 41.4 Å². The molecule has 0 amide bonds. The van der Waals surface area contributed by atoms with Crippen molar-refractivity contribution in [1.29, 1.82) is 0 Å². The molecule has 0 bridgehead atoms. The Morgan fingerprint density at radius 3 is 1.13 bits per heavy atom. The number of aliphatic imine (C=N–C) groups is 2. The second-order valence-corrected chi connectivity index (χ2v) is 29.7. The SMILES string of the molecule is CCCCC(=Nc1ccccc1)C(CC)=Nc1ccccc1.CCCCCc1c(C[Si](CC)(CC)CC)cc(O)c(O)c1C(=O)[O-].CCCCCc1c(C[Si](CC)(CC)CC)cc(O)c(O)c1C(=O)[O-].[Ni+2]. The molecule has 0 aromatic heterocycles. The van der Waals surface area contributed by atoms with Gasteiger partial charge < -0.3 is 40.2 Å². The van der Waals surface area contributed by atoms with Crippen LogP contribution in [0.1, 0.15) is 176 Å². The van der Waals surface area contributed by atoms with Crippen molar-refractivity contribution in [2.24, 2.45) is 9.98 Å². The van der Waals surface area contributed by atoms with Crippen molar-refractivity contribution in [2.75, 3.05) is 0 Å². The van der Waals surface area contributed by atoms with E-state index in [0.29, 0.717) is 24.0 Å². The Morgan fingerprint density at radius 2 is 0.831 bits per heavy atom. The maximum atomic E-state index is 11.6. The van der Waals surface area contributed by atoms with Crippen LogP contribution in [0.3, 0.4) is 0 Å². The molecule has 394 valence electrons. The fourth-order valence-electron chi connectivity index (χ4n) is 9.27. The molecule has 0 atom stereocenters. The normalized spacial score (nSPS) is 11.7.